The molecular weight excluding hydrogens is 408 g/mol. The summed E-state index contributed by atoms with van der Waals surface area (Å²) >= 11 is 5.11. The fourth-order valence-corrected chi connectivity index (χ4v) is 3.57. The van der Waals surface area contributed by atoms with Crippen molar-refractivity contribution in [1.29, 1.82) is 0 Å². The van der Waals surface area contributed by atoms with E-state index in [1.54, 1.807) is 6.07 Å². The lowest BCUT2D eigenvalue weighted by Crippen LogP contribution is -2.52. The minimum absolute atomic E-state index is 0.00418. The van der Waals surface area contributed by atoms with Crippen LogP contribution in [0.3, 0.4) is 0 Å². The molecule has 0 bridgehead atoms. The van der Waals surface area contributed by atoms with Gasteiger partial charge in [0.15, 0.2) is 5.11 Å². The number of hydrogen-bond acceptors (Lipinski definition) is 6. The summed E-state index contributed by atoms with van der Waals surface area (Å²) in [6.07, 6.45) is 1.54. The minimum Gasteiger partial charge on any atom is -0.494 e. The maximum Gasteiger partial charge on any atom is 0.273 e. The number of rotatable bonds is 4. The molecule has 0 saturated carbocycles. The summed E-state index contributed by atoms with van der Waals surface area (Å²) < 4.78 is 7.21. The lowest BCUT2D eigenvalue weighted by Gasteiger charge is -2.31. The average Bonchev–Trinajstić information content (AvgIpc) is 3.00. The van der Waals surface area contributed by atoms with Crippen LogP contribution in [0.1, 0.15) is 17.0 Å². The molecule has 2 heterocycles. The summed E-state index contributed by atoms with van der Waals surface area (Å²) in [6.45, 7) is 3.68. The fraction of sp³-hybridized carbons (Fsp3) is 0.250. The van der Waals surface area contributed by atoms with E-state index >= 15 is 0 Å². The lowest BCUT2D eigenvalue weighted by atomic mass is 10.1. The molecule has 2 amide bonds. The summed E-state index contributed by atoms with van der Waals surface area (Å²) in [5.41, 5.74) is 2.75. The predicted octanol–water partition coefficient (Wildman–Crippen LogP) is 2.61. The van der Waals surface area contributed by atoms with Gasteiger partial charge < -0.3 is 9.30 Å². The summed E-state index contributed by atoms with van der Waals surface area (Å²) in [7, 11) is 4.48. The molecule has 1 aromatic carbocycles. The third-order valence-corrected chi connectivity index (χ3v) is 5.58. The molecule has 1 saturated heterocycles. The van der Waals surface area contributed by atoms with Gasteiger partial charge in [-0.25, -0.2) is 0 Å². The Balaban J connectivity index is 2.13. The standard InChI is InChI=1S/C20H20N4O5S/c1-11-8-13(9-15-18(25)21(3)20(30)22(4)19(15)26)12(2)23(11)16-7-6-14(24(27)28)10-17(16)29-5/h6-10H,1-5H3. The van der Waals surface area contributed by atoms with E-state index in [0.717, 1.165) is 11.4 Å². The largest absolute Gasteiger partial charge is 0.494 e. The Morgan fingerprint density at radius 2 is 1.70 bits per heavy atom. The molecule has 1 aliphatic heterocycles. The van der Waals surface area contributed by atoms with Gasteiger partial charge in [0.05, 0.1) is 23.8 Å². The van der Waals surface area contributed by atoms with Crippen LogP contribution in [0.25, 0.3) is 11.8 Å². The molecule has 1 aromatic heterocycles. The van der Waals surface area contributed by atoms with E-state index in [9.17, 15) is 19.7 Å². The van der Waals surface area contributed by atoms with E-state index in [1.807, 2.05) is 24.5 Å². The number of methoxy groups -OCH3 is 1. The van der Waals surface area contributed by atoms with Gasteiger partial charge in [0.1, 0.15) is 11.3 Å². The molecule has 2 aromatic rings. The van der Waals surface area contributed by atoms with Crippen molar-refractivity contribution >= 4 is 40.9 Å². The third kappa shape index (κ3) is 3.35. The van der Waals surface area contributed by atoms with E-state index in [0.29, 0.717) is 17.0 Å². The van der Waals surface area contributed by atoms with Crippen molar-refractivity contribution in [3.63, 3.8) is 0 Å². The molecule has 0 aliphatic carbocycles. The zero-order valence-electron chi connectivity index (χ0n) is 17.1. The van der Waals surface area contributed by atoms with E-state index in [2.05, 4.69) is 0 Å². The third-order valence-electron chi connectivity index (χ3n) is 5.03. The highest BCUT2D eigenvalue weighted by Gasteiger charge is 2.35. The first-order valence-corrected chi connectivity index (χ1v) is 9.32. The van der Waals surface area contributed by atoms with E-state index in [4.69, 9.17) is 17.0 Å². The molecule has 156 valence electrons. The highest BCUT2D eigenvalue weighted by molar-refractivity contribution is 7.80. The number of thiocarbonyl (C=S) groups is 1. The monoisotopic (exact) mass is 428 g/mol. The van der Waals surface area contributed by atoms with Crippen molar-refractivity contribution < 1.29 is 19.2 Å². The fourth-order valence-electron chi connectivity index (χ4n) is 3.40. The molecule has 30 heavy (non-hydrogen) atoms. The molecule has 0 atom stereocenters. The number of aryl methyl sites for hydroxylation is 1. The van der Waals surface area contributed by atoms with Gasteiger partial charge in [-0.2, -0.15) is 0 Å². The minimum atomic E-state index is -0.491. The van der Waals surface area contributed by atoms with Crippen molar-refractivity contribution in [2.24, 2.45) is 0 Å². The number of nitro benzene ring substituents is 1. The second-order valence-corrected chi connectivity index (χ2v) is 7.21. The van der Waals surface area contributed by atoms with Crippen molar-refractivity contribution in [1.82, 2.24) is 14.4 Å². The maximum atomic E-state index is 12.6. The van der Waals surface area contributed by atoms with Gasteiger partial charge in [0.2, 0.25) is 0 Å². The second-order valence-electron chi connectivity index (χ2n) is 6.84. The average molecular weight is 428 g/mol. The highest BCUT2D eigenvalue weighted by atomic mass is 32.1. The van der Waals surface area contributed by atoms with Gasteiger partial charge in [0, 0.05) is 31.5 Å². The number of aromatic nitrogens is 1. The molecule has 0 radical (unpaired) electrons. The zero-order chi connectivity index (χ0) is 22.3. The number of nitrogens with zero attached hydrogens (tertiary/aromatic N) is 4. The topological polar surface area (TPSA) is 97.9 Å². The normalized spacial score (nSPS) is 14.4. The molecule has 9 nitrogen and oxygen atoms in total. The summed E-state index contributed by atoms with van der Waals surface area (Å²) in [6, 6.07) is 6.18. The van der Waals surface area contributed by atoms with Crippen molar-refractivity contribution in [2.45, 2.75) is 13.8 Å². The van der Waals surface area contributed by atoms with E-state index in [1.165, 1.54) is 49.2 Å². The van der Waals surface area contributed by atoms with Crippen molar-refractivity contribution in [3.05, 3.63) is 56.9 Å². The number of benzene rings is 1. The van der Waals surface area contributed by atoms with Gasteiger partial charge in [0.25, 0.3) is 17.5 Å². The van der Waals surface area contributed by atoms with Crippen LogP contribution in [-0.2, 0) is 9.59 Å². The number of ether oxygens (including phenoxy) is 1. The summed E-state index contributed by atoms with van der Waals surface area (Å²) in [5.74, 6) is -0.610. The van der Waals surface area contributed by atoms with Crippen molar-refractivity contribution in [2.75, 3.05) is 21.2 Å². The van der Waals surface area contributed by atoms with Gasteiger partial charge in [-0.15, -0.1) is 0 Å². The molecule has 1 aliphatic rings. The molecule has 0 spiro atoms. The van der Waals surface area contributed by atoms with E-state index in [-0.39, 0.29) is 16.4 Å². The smallest absolute Gasteiger partial charge is 0.273 e. The Labute approximate surface area is 178 Å². The first kappa shape index (κ1) is 21.2. The Morgan fingerprint density at radius 3 is 2.23 bits per heavy atom. The second kappa shape index (κ2) is 7.71. The molecular formula is C20H20N4O5S. The number of hydrogen-bond donors (Lipinski definition) is 0. The van der Waals surface area contributed by atoms with Crippen LogP contribution >= 0.6 is 12.2 Å². The van der Waals surface area contributed by atoms with Gasteiger partial charge in [-0.1, -0.05) is 0 Å². The van der Waals surface area contributed by atoms with Crippen LogP contribution in [0.2, 0.25) is 0 Å². The number of nitro groups is 1. The maximum absolute atomic E-state index is 12.6. The van der Waals surface area contributed by atoms with Crippen LogP contribution in [0.4, 0.5) is 5.69 Å². The van der Waals surface area contributed by atoms with Gasteiger partial charge >= 0.3 is 0 Å². The van der Waals surface area contributed by atoms with Crippen LogP contribution < -0.4 is 4.74 Å². The molecule has 10 heteroatoms. The number of non-ortho nitro benzene ring substituents is 1. The quantitative estimate of drug-likeness (QED) is 0.244. The van der Waals surface area contributed by atoms with Crippen LogP contribution in [0.15, 0.2) is 29.8 Å². The number of carbonyl (C=O) groups excluding carboxylic acids is 2. The molecule has 0 unspecified atom stereocenters. The predicted molar refractivity (Wildman–Crippen MR) is 115 cm³/mol. The highest BCUT2D eigenvalue weighted by Crippen LogP contribution is 2.32. The lowest BCUT2D eigenvalue weighted by molar-refractivity contribution is -0.384. The SMILES string of the molecule is COc1cc([N+](=O)[O-])ccc1-n1c(C)cc(C=C2C(=O)N(C)C(=S)N(C)C2=O)c1C. The summed E-state index contributed by atoms with van der Waals surface area (Å²) in [4.78, 5) is 38.3. The number of amides is 2. The number of carbonyl (C=O) groups is 2. The van der Waals surface area contributed by atoms with Crippen LogP contribution in [0, 0.1) is 24.0 Å². The molecule has 0 N–H and O–H groups in total. The first-order valence-electron chi connectivity index (χ1n) is 8.92. The molecule has 1 fully saturated rings. The Hall–Kier alpha value is -3.53. The Kier molecular flexibility index (Phi) is 5.45. The van der Waals surface area contributed by atoms with E-state index < -0.39 is 16.7 Å². The molecule has 3 rings (SSSR count). The Bertz CT molecular complexity index is 1110. The summed E-state index contributed by atoms with van der Waals surface area (Å²) in [5, 5.41) is 11.2. The van der Waals surface area contributed by atoms with Gasteiger partial charge in [-0.05, 0) is 49.8 Å². The number of likely N-dealkylation sites (N-methyl/N-ethyl adjacent to an activating group) is 2. The van der Waals surface area contributed by atoms with Gasteiger partial charge in [-0.3, -0.25) is 29.5 Å². The van der Waals surface area contributed by atoms with Crippen molar-refractivity contribution in [3.8, 4) is 11.4 Å². The zero-order valence-corrected chi connectivity index (χ0v) is 17.9. The Morgan fingerprint density at radius 1 is 1.10 bits per heavy atom. The van der Waals surface area contributed by atoms with Crippen LogP contribution in [-0.4, -0.2) is 57.4 Å². The first-order chi connectivity index (χ1) is 14.1. The van der Waals surface area contributed by atoms with Crippen LogP contribution in [0.5, 0.6) is 5.75 Å².